The number of amides is 1. The fraction of sp³-hybridized carbons (Fsp3) is 0.500. The lowest BCUT2D eigenvalue weighted by Gasteiger charge is -2.32. The minimum absolute atomic E-state index is 0.159. The van der Waals surface area contributed by atoms with Crippen molar-refractivity contribution in [2.24, 2.45) is 0 Å². The highest BCUT2D eigenvalue weighted by Gasteiger charge is 2.47. The molecule has 0 spiro atoms. The van der Waals surface area contributed by atoms with E-state index in [1.807, 2.05) is 30.1 Å². The Kier molecular flexibility index (Phi) is 7.86. The quantitative estimate of drug-likeness (QED) is 0.656. The van der Waals surface area contributed by atoms with Crippen molar-refractivity contribution in [1.29, 1.82) is 0 Å². The highest BCUT2D eigenvalue weighted by atomic mass is 19.1. The van der Waals surface area contributed by atoms with Crippen molar-refractivity contribution in [2.45, 2.75) is 63.5 Å². The molecule has 2 aromatic rings. The van der Waals surface area contributed by atoms with Gasteiger partial charge in [0.25, 0.3) is 0 Å². The van der Waals surface area contributed by atoms with E-state index in [2.05, 4.69) is 10.3 Å². The monoisotopic (exact) mass is 463 g/mol. The summed E-state index contributed by atoms with van der Waals surface area (Å²) in [5, 5.41) is 13.9. The lowest BCUT2D eigenvalue weighted by Crippen LogP contribution is -2.53. The van der Waals surface area contributed by atoms with Crippen molar-refractivity contribution in [3.8, 4) is 5.75 Å². The largest absolute Gasteiger partial charge is 0.485 e. The number of carbonyl (C=O) groups is 1. The van der Waals surface area contributed by atoms with Crippen LogP contribution in [0.5, 0.6) is 5.75 Å². The van der Waals surface area contributed by atoms with Crippen molar-refractivity contribution in [1.82, 2.24) is 15.2 Å². The molecule has 180 valence electrons. The van der Waals surface area contributed by atoms with E-state index in [0.717, 1.165) is 17.8 Å². The van der Waals surface area contributed by atoms with Gasteiger partial charge >= 0.3 is 6.09 Å². The molecule has 0 saturated heterocycles. The first-order valence-corrected chi connectivity index (χ1v) is 10.9. The van der Waals surface area contributed by atoms with Gasteiger partial charge in [-0.05, 0) is 52.1 Å². The smallest absolute Gasteiger partial charge is 0.407 e. The van der Waals surface area contributed by atoms with Gasteiger partial charge in [-0.15, -0.1) is 0 Å². The van der Waals surface area contributed by atoms with Crippen LogP contribution in [0.15, 0.2) is 42.6 Å². The number of pyridine rings is 1. The normalized spacial score (nSPS) is 22.9. The molecule has 1 aromatic heterocycles. The average molecular weight is 464 g/mol. The predicted octanol–water partition coefficient (Wildman–Crippen LogP) is 3.31. The maximum atomic E-state index is 14.1. The van der Waals surface area contributed by atoms with Gasteiger partial charge in [-0.2, -0.15) is 0 Å². The number of aliphatic hydroxyl groups is 1. The van der Waals surface area contributed by atoms with Crippen molar-refractivity contribution in [3.05, 3.63) is 59.9 Å². The molecule has 1 fully saturated rings. The van der Waals surface area contributed by atoms with E-state index in [4.69, 9.17) is 9.47 Å². The number of hydrogen-bond acceptors (Lipinski definition) is 6. The molecule has 7 nitrogen and oxygen atoms in total. The van der Waals surface area contributed by atoms with E-state index in [-0.39, 0.29) is 12.2 Å². The van der Waals surface area contributed by atoms with Gasteiger partial charge in [0.2, 0.25) is 0 Å². The molecule has 0 aliphatic heterocycles. The molecule has 1 heterocycles. The summed E-state index contributed by atoms with van der Waals surface area (Å²) in [4.78, 5) is 18.7. The molecule has 1 aliphatic carbocycles. The van der Waals surface area contributed by atoms with Gasteiger partial charge in [0, 0.05) is 37.3 Å². The first kappa shape index (κ1) is 24.9. The van der Waals surface area contributed by atoms with Crippen molar-refractivity contribution >= 4 is 6.09 Å². The number of halogens is 2. The molecule has 0 radical (unpaired) electrons. The van der Waals surface area contributed by atoms with Crippen molar-refractivity contribution in [3.63, 3.8) is 0 Å². The highest BCUT2D eigenvalue weighted by molar-refractivity contribution is 5.68. The number of nitrogens with zero attached hydrogens (tertiary/aromatic N) is 2. The summed E-state index contributed by atoms with van der Waals surface area (Å²) in [6.07, 6.45) is 0.105. The number of carbonyl (C=O) groups excluding carboxylic acids is 1. The Morgan fingerprint density at radius 3 is 2.67 bits per heavy atom. The maximum Gasteiger partial charge on any atom is 0.407 e. The Morgan fingerprint density at radius 2 is 2.03 bits per heavy atom. The lowest BCUT2D eigenvalue weighted by molar-refractivity contribution is 0.0119. The number of likely N-dealkylation sites (N-methyl/N-ethyl adjacent to an activating group) is 1. The summed E-state index contributed by atoms with van der Waals surface area (Å²) in [7, 11) is 1.83. The SMILES string of the molecule is CN(CCc1ccccn1)[C@@H]1[C@@H](O)[C@H](Oc2ccc(F)cc2F)C[C@H]1NC(=O)OC(C)(C)C. The van der Waals surface area contributed by atoms with Gasteiger partial charge < -0.3 is 19.9 Å². The van der Waals surface area contributed by atoms with Crippen LogP contribution in [0, 0.1) is 11.6 Å². The van der Waals surface area contributed by atoms with Crippen LogP contribution < -0.4 is 10.1 Å². The number of aromatic nitrogens is 1. The molecular weight excluding hydrogens is 432 g/mol. The van der Waals surface area contributed by atoms with Gasteiger partial charge in [0.1, 0.15) is 23.6 Å². The average Bonchev–Trinajstić information content (AvgIpc) is 3.02. The first-order chi connectivity index (χ1) is 15.5. The zero-order valence-electron chi connectivity index (χ0n) is 19.3. The van der Waals surface area contributed by atoms with Gasteiger partial charge in [-0.3, -0.25) is 9.88 Å². The Morgan fingerprint density at radius 1 is 1.27 bits per heavy atom. The fourth-order valence-corrected chi connectivity index (χ4v) is 4.00. The van der Waals surface area contributed by atoms with Crippen LogP contribution in [0.2, 0.25) is 0 Å². The Bertz CT molecular complexity index is 939. The van der Waals surface area contributed by atoms with Gasteiger partial charge in [-0.1, -0.05) is 6.07 Å². The zero-order chi connectivity index (χ0) is 24.2. The third-order valence-corrected chi connectivity index (χ3v) is 5.46. The van der Waals surface area contributed by atoms with Crippen LogP contribution in [0.25, 0.3) is 0 Å². The van der Waals surface area contributed by atoms with Crippen LogP contribution in [-0.4, -0.2) is 64.6 Å². The molecule has 1 aliphatic rings. The molecule has 1 amide bonds. The van der Waals surface area contributed by atoms with E-state index in [9.17, 15) is 18.7 Å². The third-order valence-electron chi connectivity index (χ3n) is 5.46. The summed E-state index contributed by atoms with van der Waals surface area (Å²) in [6.45, 7) is 5.84. The standard InChI is InChI=1S/C24H31F2N3O4/c1-24(2,3)33-23(31)28-18-14-20(32-19-9-8-15(25)13-17(19)26)22(30)21(18)29(4)12-10-16-7-5-6-11-27-16/h5-9,11,13,18,20-22,30H,10,12,14H2,1-4H3,(H,28,31)/t18-,20-,21+,22+/m1/s1. The number of ether oxygens (including phenoxy) is 2. The molecule has 4 atom stereocenters. The molecule has 1 aromatic carbocycles. The van der Waals surface area contributed by atoms with Gasteiger partial charge in [0.05, 0.1) is 12.1 Å². The van der Waals surface area contributed by atoms with Crippen LogP contribution in [0.3, 0.4) is 0 Å². The third kappa shape index (κ3) is 6.85. The van der Waals surface area contributed by atoms with Crippen LogP contribution in [0.4, 0.5) is 13.6 Å². The topological polar surface area (TPSA) is 83.9 Å². The predicted molar refractivity (Wildman–Crippen MR) is 119 cm³/mol. The molecular formula is C24H31F2N3O4. The van der Waals surface area contributed by atoms with Crippen LogP contribution in [0.1, 0.15) is 32.9 Å². The van der Waals surface area contributed by atoms with E-state index >= 15 is 0 Å². The molecule has 0 unspecified atom stereocenters. The first-order valence-electron chi connectivity index (χ1n) is 10.9. The molecule has 2 N–H and O–H groups in total. The Balaban J connectivity index is 1.75. The van der Waals surface area contributed by atoms with Crippen molar-refractivity contribution < 1.29 is 28.2 Å². The van der Waals surface area contributed by atoms with Gasteiger partial charge in [0.15, 0.2) is 11.6 Å². The minimum Gasteiger partial charge on any atom is -0.485 e. The number of rotatable bonds is 7. The minimum atomic E-state index is -1.04. The number of benzene rings is 1. The maximum absolute atomic E-state index is 14.1. The van der Waals surface area contributed by atoms with Crippen LogP contribution >= 0.6 is 0 Å². The fourth-order valence-electron chi connectivity index (χ4n) is 4.00. The second kappa shape index (κ2) is 10.4. The second-order valence-corrected chi connectivity index (χ2v) is 9.25. The summed E-state index contributed by atoms with van der Waals surface area (Å²) in [6, 6.07) is 7.62. The molecule has 33 heavy (non-hydrogen) atoms. The molecule has 3 rings (SSSR count). The number of alkyl carbamates (subject to hydrolysis) is 1. The zero-order valence-corrected chi connectivity index (χ0v) is 19.3. The molecule has 9 heteroatoms. The summed E-state index contributed by atoms with van der Waals surface area (Å²) in [5.74, 6) is -1.73. The summed E-state index contributed by atoms with van der Waals surface area (Å²) in [5.41, 5.74) is 0.212. The number of aliphatic hydroxyl groups excluding tert-OH is 1. The Labute approximate surface area is 192 Å². The second-order valence-electron chi connectivity index (χ2n) is 9.25. The van der Waals surface area contributed by atoms with Gasteiger partial charge in [-0.25, -0.2) is 13.6 Å². The number of hydrogen-bond donors (Lipinski definition) is 2. The molecule has 1 saturated carbocycles. The number of nitrogens with one attached hydrogen (secondary N) is 1. The summed E-state index contributed by atoms with van der Waals surface area (Å²) >= 11 is 0. The Hall–Kier alpha value is -2.78. The van der Waals surface area contributed by atoms with E-state index < -0.39 is 47.6 Å². The lowest BCUT2D eigenvalue weighted by atomic mass is 10.1. The summed E-state index contributed by atoms with van der Waals surface area (Å²) < 4.78 is 38.5. The highest BCUT2D eigenvalue weighted by Crippen LogP contribution is 2.30. The van der Waals surface area contributed by atoms with E-state index in [1.54, 1.807) is 27.0 Å². The van der Waals surface area contributed by atoms with Crippen LogP contribution in [-0.2, 0) is 11.2 Å². The van der Waals surface area contributed by atoms with E-state index in [0.29, 0.717) is 13.0 Å². The molecule has 0 bridgehead atoms. The van der Waals surface area contributed by atoms with Crippen molar-refractivity contribution in [2.75, 3.05) is 13.6 Å². The van der Waals surface area contributed by atoms with E-state index in [1.165, 1.54) is 6.07 Å².